The molecule has 104 valence electrons. The molecule has 0 aliphatic heterocycles. The van der Waals surface area contributed by atoms with Crippen molar-refractivity contribution in [1.29, 1.82) is 0 Å². The van der Waals surface area contributed by atoms with Gasteiger partial charge < -0.3 is 10.6 Å². The van der Waals surface area contributed by atoms with Gasteiger partial charge in [0.15, 0.2) is 0 Å². The minimum Gasteiger partial charge on any atom is -0.379 e. The maximum absolute atomic E-state index is 11.2. The van der Waals surface area contributed by atoms with Crippen LogP contribution in [0, 0.1) is 17.0 Å². The summed E-state index contributed by atoms with van der Waals surface area (Å²) in [6, 6.07) is 3.31. The lowest BCUT2D eigenvalue weighted by molar-refractivity contribution is -0.383. The molecular weight excluding hydrogens is 246 g/mol. The quantitative estimate of drug-likeness (QED) is 0.470. The standard InChI is InChI=1S/C13H19N3O3/c1-4-5-8-14-12-9(2)6-7-11(15-10(3)17)13(12)16(18)19/h6-7,14H,4-5,8H2,1-3H3,(H,15,17). The topological polar surface area (TPSA) is 84.3 Å². The number of unbranched alkanes of at least 4 members (excludes halogenated alkanes) is 1. The van der Waals surface area contributed by atoms with Crippen molar-refractivity contribution in [1.82, 2.24) is 0 Å². The van der Waals surface area contributed by atoms with Gasteiger partial charge in [0.1, 0.15) is 11.4 Å². The Morgan fingerprint density at radius 1 is 1.42 bits per heavy atom. The van der Waals surface area contributed by atoms with Crippen LogP contribution in [-0.2, 0) is 4.79 Å². The van der Waals surface area contributed by atoms with Crippen molar-refractivity contribution in [2.75, 3.05) is 17.2 Å². The van der Waals surface area contributed by atoms with Gasteiger partial charge in [-0.2, -0.15) is 0 Å². The number of nitrogens with zero attached hydrogens (tertiary/aromatic N) is 1. The molecule has 0 unspecified atom stereocenters. The van der Waals surface area contributed by atoms with E-state index in [2.05, 4.69) is 17.6 Å². The summed E-state index contributed by atoms with van der Waals surface area (Å²) in [7, 11) is 0. The first kappa shape index (κ1) is 14.9. The van der Waals surface area contributed by atoms with E-state index in [0.29, 0.717) is 12.2 Å². The van der Waals surface area contributed by atoms with Crippen molar-refractivity contribution >= 4 is 23.0 Å². The van der Waals surface area contributed by atoms with Gasteiger partial charge in [0.2, 0.25) is 5.91 Å². The van der Waals surface area contributed by atoms with Crippen LogP contribution in [-0.4, -0.2) is 17.4 Å². The first-order chi connectivity index (χ1) is 8.97. The Labute approximate surface area is 112 Å². The van der Waals surface area contributed by atoms with Crippen molar-refractivity contribution in [3.8, 4) is 0 Å². The highest BCUT2D eigenvalue weighted by molar-refractivity contribution is 5.94. The number of anilines is 2. The molecule has 0 fully saturated rings. The van der Waals surface area contributed by atoms with Gasteiger partial charge in [-0.15, -0.1) is 0 Å². The fourth-order valence-corrected chi connectivity index (χ4v) is 1.79. The SMILES string of the molecule is CCCCNc1c(C)ccc(NC(C)=O)c1[N+](=O)[O-]. The van der Waals surface area contributed by atoms with E-state index in [0.717, 1.165) is 18.4 Å². The summed E-state index contributed by atoms with van der Waals surface area (Å²) >= 11 is 0. The van der Waals surface area contributed by atoms with E-state index in [9.17, 15) is 14.9 Å². The second-order valence-corrected chi connectivity index (χ2v) is 4.37. The van der Waals surface area contributed by atoms with Gasteiger partial charge in [0.25, 0.3) is 0 Å². The molecule has 19 heavy (non-hydrogen) atoms. The molecule has 0 saturated carbocycles. The molecule has 0 aromatic heterocycles. The number of benzene rings is 1. The molecule has 1 aromatic rings. The van der Waals surface area contributed by atoms with Crippen molar-refractivity contribution < 1.29 is 9.72 Å². The van der Waals surface area contributed by atoms with Crippen LogP contribution in [0.4, 0.5) is 17.1 Å². The predicted molar refractivity (Wildman–Crippen MR) is 75.5 cm³/mol. The molecule has 6 heteroatoms. The van der Waals surface area contributed by atoms with E-state index in [1.807, 2.05) is 0 Å². The van der Waals surface area contributed by atoms with Gasteiger partial charge in [0.05, 0.1) is 4.92 Å². The maximum atomic E-state index is 11.2. The lowest BCUT2D eigenvalue weighted by Gasteiger charge is -2.12. The maximum Gasteiger partial charge on any atom is 0.315 e. The van der Waals surface area contributed by atoms with Crippen LogP contribution in [0.1, 0.15) is 32.3 Å². The number of amides is 1. The predicted octanol–water partition coefficient (Wildman–Crippen LogP) is 3.07. The first-order valence-electron chi connectivity index (χ1n) is 6.26. The van der Waals surface area contributed by atoms with E-state index in [-0.39, 0.29) is 17.3 Å². The molecule has 2 N–H and O–H groups in total. The van der Waals surface area contributed by atoms with Gasteiger partial charge in [-0.1, -0.05) is 19.4 Å². The van der Waals surface area contributed by atoms with Gasteiger partial charge in [-0.25, -0.2) is 0 Å². The molecule has 1 amide bonds. The number of hydrogen-bond acceptors (Lipinski definition) is 4. The minimum absolute atomic E-state index is 0.0775. The Kier molecular flexibility index (Phi) is 5.29. The molecule has 0 saturated heterocycles. The molecule has 0 bridgehead atoms. The Morgan fingerprint density at radius 2 is 2.11 bits per heavy atom. The van der Waals surface area contributed by atoms with Crippen LogP contribution >= 0.6 is 0 Å². The molecule has 1 rings (SSSR count). The largest absolute Gasteiger partial charge is 0.379 e. The van der Waals surface area contributed by atoms with Crippen LogP contribution in [0.25, 0.3) is 0 Å². The van der Waals surface area contributed by atoms with Crippen molar-refractivity contribution in [3.05, 3.63) is 27.8 Å². The first-order valence-corrected chi connectivity index (χ1v) is 6.26. The molecule has 0 atom stereocenters. The van der Waals surface area contributed by atoms with Crippen molar-refractivity contribution in [3.63, 3.8) is 0 Å². The third-order valence-electron chi connectivity index (χ3n) is 2.71. The number of nitrogens with one attached hydrogen (secondary N) is 2. The third-order valence-corrected chi connectivity index (χ3v) is 2.71. The third kappa shape index (κ3) is 3.94. The molecule has 6 nitrogen and oxygen atoms in total. The van der Waals surface area contributed by atoms with E-state index in [1.54, 1.807) is 19.1 Å². The molecular formula is C13H19N3O3. The number of nitro groups is 1. The summed E-state index contributed by atoms with van der Waals surface area (Å²) in [4.78, 5) is 21.8. The lowest BCUT2D eigenvalue weighted by atomic mass is 10.1. The number of nitro benzene ring substituents is 1. The number of carbonyl (C=O) groups is 1. The summed E-state index contributed by atoms with van der Waals surface area (Å²) in [5.74, 6) is -0.327. The lowest BCUT2D eigenvalue weighted by Crippen LogP contribution is -2.11. The van der Waals surface area contributed by atoms with Crippen LogP contribution in [0.15, 0.2) is 12.1 Å². The zero-order valence-electron chi connectivity index (χ0n) is 11.4. The summed E-state index contributed by atoms with van der Waals surface area (Å²) in [6.45, 7) is 5.85. The van der Waals surface area contributed by atoms with E-state index < -0.39 is 4.92 Å². The van der Waals surface area contributed by atoms with Gasteiger partial charge >= 0.3 is 5.69 Å². The molecule has 0 heterocycles. The van der Waals surface area contributed by atoms with Crippen LogP contribution in [0.2, 0.25) is 0 Å². The average Bonchev–Trinajstić information content (AvgIpc) is 2.32. The number of rotatable bonds is 6. The average molecular weight is 265 g/mol. The zero-order valence-corrected chi connectivity index (χ0v) is 11.4. The fraction of sp³-hybridized carbons (Fsp3) is 0.462. The number of aryl methyl sites for hydroxylation is 1. The van der Waals surface area contributed by atoms with E-state index >= 15 is 0 Å². The van der Waals surface area contributed by atoms with Crippen LogP contribution < -0.4 is 10.6 Å². The smallest absolute Gasteiger partial charge is 0.315 e. The molecule has 0 radical (unpaired) electrons. The number of carbonyl (C=O) groups excluding carboxylic acids is 1. The number of hydrogen-bond donors (Lipinski definition) is 2. The van der Waals surface area contributed by atoms with E-state index in [1.165, 1.54) is 6.92 Å². The highest BCUT2D eigenvalue weighted by Gasteiger charge is 2.22. The Morgan fingerprint density at radius 3 is 2.63 bits per heavy atom. The Bertz CT molecular complexity index is 486. The highest BCUT2D eigenvalue weighted by Crippen LogP contribution is 2.35. The second-order valence-electron chi connectivity index (χ2n) is 4.37. The Hall–Kier alpha value is -2.11. The Balaban J connectivity index is 3.17. The van der Waals surface area contributed by atoms with Gasteiger partial charge in [0, 0.05) is 13.5 Å². The fourth-order valence-electron chi connectivity index (χ4n) is 1.79. The summed E-state index contributed by atoms with van der Waals surface area (Å²) in [5.41, 5.74) is 1.41. The van der Waals surface area contributed by atoms with Gasteiger partial charge in [-0.3, -0.25) is 14.9 Å². The molecule has 0 aliphatic rings. The highest BCUT2D eigenvalue weighted by atomic mass is 16.6. The van der Waals surface area contributed by atoms with E-state index in [4.69, 9.17) is 0 Å². The summed E-state index contributed by atoms with van der Waals surface area (Å²) in [6.07, 6.45) is 1.94. The van der Waals surface area contributed by atoms with Gasteiger partial charge in [-0.05, 0) is 25.0 Å². The van der Waals surface area contributed by atoms with Crippen LogP contribution in [0.5, 0.6) is 0 Å². The summed E-state index contributed by atoms with van der Waals surface area (Å²) in [5, 5.41) is 16.8. The molecule has 1 aromatic carbocycles. The normalized spacial score (nSPS) is 10.1. The van der Waals surface area contributed by atoms with Crippen LogP contribution in [0.3, 0.4) is 0 Å². The second kappa shape index (κ2) is 6.72. The zero-order chi connectivity index (χ0) is 14.4. The molecule has 0 spiro atoms. The summed E-state index contributed by atoms with van der Waals surface area (Å²) < 4.78 is 0. The minimum atomic E-state index is -0.466. The monoisotopic (exact) mass is 265 g/mol. The van der Waals surface area contributed by atoms with Crippen molar-refractivity contribution in [2.45, 2.75) is 33.6 Å². The van der Waals surface area contributed by atoms with Crippen molar-refractivity contribution in [2.24, 2.45) is 0 Å². The molecule has 0 aliphatic carbocycles.